The minimum absolute atomic E-state index is 0.0642. The number of carbonyl (C=O) groups excluding carboxylic acids is 2. The Hall–Kier alpha value is -1.39. The van der Waals surface area contributed by atoms with Crippen LogP contribution in [0.5, 0.6) is 0 Å². The quantitative estimate of drug-likeness (QED) is 0.0997. The van der Waals surface area contributed by atoms with Crippen molar-refractivity contribution in [3.8, 4) is 0 Å². The predicted molar refractivity (Wildman–Crippen MR) is 157 cm³/mol. The van der Waals surface area contributed by atoms with Crippen LogP contribution in [0.15, 0.2) is 4.99 Å². The van der Waals surface area contributed by atoms with E-state index in [9.17, 15) is 9.59 Å². The first-order valence-electron chi connectivity index (χ1n) is 16.1. The molecule has 1 heterocycles. The minimum atomic E-state index is -0.462. The van der Waals surface area contributed by atoms with Crippen molar-refractivity contribution in [3.05, 3.63) is 0 Å². The molecule has 0 fully saturated rings. The fourth-order valence-electron chi connectivity index (χ4n) is 5.20. The fraction of sp³-hybridized carbons (Fsp3) is 0.906. The normalized spacial score (nSPS) is 17.9. The molecule has 0 aromatic carbocycles. The van der Waals surface area contributed by atoms with E-state index >= 15 is 0 Å². The lowest BCUT2D eigenvalue weighted by atomic mass is 10.0. The summed E-state index contributed by atoms with van der Waals surface area (Å²) in [4.78, 5) is 31.1. The molecule has 1 aliphatic rings. The van der Waals surface area contributed by atoms with Crippen molar-refractivity contribution >= 4 is 18.1 Å². The number of hydrogen-bond donors (Lipinski definition) is 0. The average Bonchev–Trinajstić information content (AvgIpc) is 2.89. The van der Waals surface area contributed by atoms with Gasteiger partial charge in [-0.05, 0) is 19.1 Å². The maximum Gasteiger partial charge on any atom is 0.307 e. The van der Waals surface area contributed by atoms with Gasteiger partial charge in [-0.25, -0.2) is 0 Å². The second-order valence-corrected chi connectivity index (χ2v) is 11.2. The van der Waals surface area contributed by atoms with Crippen LogP contribution >= 0.6 is 0 Å². The van der Waals surface area contributed by atoms with Gasteiger partial charge in [0.2, 0.25) is 5.91 Å². The Morgan fingerprint density at radius 3 is 1.76 bits per heavy atom. The Morgan fingerprint density at radius 1 is 0.838 bits per heavy atom. The Labute approximate surface area is 229 Å². The van der Waals surface area contributed by atoms with Crippen LogP contribution in [0.2, 0.25) is 0 Å². The van der Waals surface area contributed by atoms with Crippen LogP contribution in [-0.4, -0.2) is 42.3 Å². The van der Waals surface area contributed by atoms with E-state index in [0.717, 1.165) is 12.8 Å². The van der Waals surface area contributed by atoms with Crippen LogP contribution < -0.4 is 0 Å². The molecule has 0 bridgehead atoms. The third-order valence-electron chi connectivity index (χ3n) is 7.71. The number of esters is 1. The Bertz CT molecular complexity index is 593. The van der Waals surface area contributed by atoms with Crippen molar-refractivity contribution in [2.24, 2.45) is 10.9 Å². The van der Waals surface area contributed by atoms with E-state index in [2.05, 4.69) is 11.9 Å². The molecule has 1 amide bonds. The van der Waals surface area contributed by atoms with Gasteiger partial charge in [0.15, 0.2) is 6.23 Å². The molecule has 0 spiro atoms. The predicted octanol–water partition coefficient (Wildman–Crippen LogP) is 9.03. The topological polar surface area (TPSA) is 59.0 Å². The van der Waals surface area contributed by atoms with Gasteiger partial charge >= 0.3 is 5.97 Å². The van der Waals surface area contributed by atoms with E-state index in [1.807, 2.05) is 20.1 Å². The number of ether oxygens (including phenoxy) is 1. The molecule has 5 heteroatoms. The number of unbranched alkanes of at least 4 members (excludes halogenated alkanes) is 18. The van der Waals surface area contributed by atoms with Crippen molar-refractivity contribution in [1.29, 1.82) is 0 Å². The molecule has 2 atom stereocenters. The zero-order valence-corrected chi connectivity index (χ0v) is 24.8. The number of nitrogens with zero attached hydrogens (tertiary/aromatic N) is 2. The molecular formula is C32H60N2O3. The molecule has 0 radical (unpaired) electrons. The summed E-state index contributed by atoms with van der Waals surface area (Å²) in [5, 5.41) is 0. The molecule has 0 N–H and O–H groups in total. The summed E-state index contributed by atoms with van der Waals surface area (Å²) >= 11 is 0. The molecule has 0 saturated carbocycles. The van der Waals surface area contributed by atoms with Gasteiger partial charge in [-0.3, -0.25) is 14.6 Å². The van der Waals surface area contributed by atoms with Crippen molar-refractivity contribution in [2.75, 3.05) is 13.1 Å². The zero-order valence-electron chi connectivity index (χ0n) is 24.8. The Balaban J connectivity index is 1.93. The molecule has 2 unspecified atom stereocenters. The fourth-order valence-corrected chi connectivity index (χ4v) is 5.20. The highest BCUT2D eigenvalue weighted by Crippen LogP contribution is 2.17. The lowest BCUT2D eigenvalue weighted by Gasteiger charge is -2.33. The second-order valence-electron chi connectivity index (χ2n) is 11.2. The molecule has 0 aromatic heterocycles. The van der Waals surface area contributed by atoms with Crippen molar-refractivity contribution in [2.45, 2.75) is 168 Å². The van der Waals surface area contributed by atoms with E-state index < -0.39 is 6.23 Å². The Kier molecular flexibility index (Phi) is 21.6. The average molecular weight is 521 g/mol. The SMILES string of the molecule is CCCCCCCCCCCCCCCCCCCCCC(=O)OC(CC)N1CC/N=C\CC(C)C1=O. The van der Waals surface area contributed by atoms with Crippen LogP contribution in [0.4, 0.5) is 0 Å². The summed E-state index contributed by atoms with van der Waals surface area (Å²) in [5.74, 6) is -0.226. The summed E-state index contributed by atoms with van der Waals surface area (Å²) < 4.78 is 5.71. The van der Waals surface area contributed by atoms with E-state index in [1.165, 1.54) is 109 Å². The highest BCUT2D eigenvalue weighted by Gasteiger charge is 2.29. The number of hydrogen-bond acceptors (Lipinski definition) is 4. The van der Waals surface area contributed by atoms with Crippen molar-refractivity contribution < 1.29 is 14.3 Å². The third-order valence-corrected chi connectivity index (χ3v) is 7.71. The summed E-state index contributed by atoms with van der Waals surface area (Å²) in [6, 6.07) is 0. The molecule has 5 nitrogen and oxygen atoms in total. The van der Waals surface area contributed by atoms with Crippen LogP contribution in [-0.2, 0) is 14.3 Å². The van der Waals surface area contributed by atoms with E-state index in [-0.39, 0.29) is 17.8 Å². The van der Waals surface area contributed by atoms with Crippen LogP contribution in [0.3, 0.4) is 0 Å². The monoisotopic (exact) mass is 520 g/mol. The maximum absolute atomic E-state index is 12.7. The maximum atomic E-state index is 12.7. The van der Waals surface area contributed by atoms with Gasteiger partial charge < -0.3 is 9.64 Å². The summed E-state index contributed by atoms with van der Waals surface area (Å²) in [7, 11) is 0. The highest BCUT2D eigenvalue weighted by atomic mass is 16.6. The minimum Gasteiger partial charge on any atom is -0.441 e. The molecular weight excluding hydrogens is 460 g/mol. The first-order chi connectivity index (χ1) is 18.1. The largest absolute Gasteiger partial charge is 0.441 e. The first-order valence-corrected chi connectivity index (χ1v) is 16.1. The van der Waals surface area contributed by atoms with Gasteiger partial charge in [-0.15, -0.1) is 0 Å². The number of aliphatic imine (C=N–C) groups is 1. The summed E-state index contributed by atoms with van der Waals surface area (Å²) in [6.45, 7) is 7.26. The lowest BCUT2D eigenvalue weighted by Crippen LogP contribution is -2.47. The number of rotatable bonds is 23. The second kappa shape index (κ2) is 23.7. The van der Waals surface area contributed by atoms with Gasteiger partial charge in [-0.1, -0.05) is 136 Å². The van der Waals surface area contributed by atoms with Crippen LogP contribution in [0.1, 0.15) is 162 Å². The van der Waals surface area contributed by atoms with E-state index in [4.69, 9.17) is 4.74 Å². The molecule has 0 aromatic rings. The molecule has 1 aliphatic heterocycles. The smallest absolute Gasteiger partial charge is 0.307 e. The van der Waals surface area contributed by atoms with Crippen molar-refractivity contribution in [3.63, 3.8) is 0 Å². The Morgan fingerprint density at radius 2 is 1.30 bits per heavy atom. The van der Waals surface area contributed by atoms with Gasteiger partial charge in [-0.2, -0.15) is 0 Å². The standard InChI is InChI=1S/C32H60N2O3/c1-4-6-7-8-9-10-11-12-13-14-15-16-17-18-19-20-21-22-23-24-31(35)37-30(5-2)34-28-27-33-26-25-29(3)32(34)36/h26,29-30H,4-25,27-28H2,1-3H3/b33-26-. The highest BCUT2D eigenvalue weighted by molar-refractivity contribution is 5.82. The first kappa shape index (κ1) is 33.6. The van der Waals surface area contributed by atoms with Gasteiger partial charge in [0.1, 0.15) is 0 Å². The number of carbonyl (C=O) groups is 2. The number of amides is 1. The van der Waals surface area contributed by atoms with Gasteiger partial charge in [0, 0.05) is 25.3 Å². The van der Waals surface area contributed by atoms with Crippen LogP contribution in [0, 0.1) is 5.92 Å². The van der Waals surface area contributed by atoms with Gasteiger partial charge in [0.05, 0.1) is 6.54 Å². The third kappa shape index (κ3) is 17.7. The summed E-state index contributed by atoms with van der Waals surface area (Å²) in [5.41, 5.74) is 0. The van der Waals surface area contributed by atoms with Gasteiger partial charge in [0.25, 0.3) is 0 Å². The van der Waals surface area contributed by atoms with E-state index in [0.29, 0.717) is 32.4 Å². The van der Waals surface area contributed by atoms with Crippen molar-refractivity contribution in [1.82, 2.24) is 4.90 Å². The molecule has 37 heavy (non-hydrogen) atoms. The lowest BCUT2D eigenvalue weighted by molar-refractivity contribution is -0.167. The molecule has 1 rings (SSSR count). The molecule has 0 aliphatic carbocycles. The summed E-state index contributed by atoms with van der Waals surface area (Å²) in [6.07, 6.45) is 28.6. The zero-order chi connectivity index (χ0) is 27.0. The molecule has 216 valence electrons. The van der Waals surface area contributed by atoms with E-state index in [1.54, 1.807) is 4.90 Å². The van der Waals surface area contributed by atoms with Crippen LogP contribution in [0.25, 0.3) is 0 Å². The molecule has 0 saturated heterocycles.